The van der Waals surface area contributed by atoms with Crippen molar-refractivity contribution in [2.75, 3.05) is 29.6 Å². The molecular weight excluding hydrogens is 385 g/mol. The largest absolute Gasteiger partial charge is 0.478 e. The number of nitrogens with zero attached hydrogens (tertiary/aromatic N) is 3. The molecule has 2 aromatic carbocycles. The number of carbonyl (C=O) groups is 1. The number of amides is 1. The number of hydrogen-bond donors (Lipinski definition) is 2. The first-order valence-corrected chi connectivity index (χ1v) is 9.44. The summed E-state index contributed by atoms with van der Waals surface area (Å²) in [6.07, 6.45) is -0.854. The number of hydrogen-bond acceptors (Lipinski definition) is 6. The van der Waals surface area contributed by atoms with E-state index in [9.17, 15) is 9.18 Å². The highest BCUT2D eigenvalue weighted by Gasteiger charge is 2.16. The molecule has 1 unspecified atom stereocenters. The number of aromatic nitrogens is 2. The molecule has 7 nitrogen and oxygen atoms in total. The van der Waals surface area contributed by atoms with Crippen LogP contribution in [0.2, 0.25) is 0 Å². The van der Waals surface area contributed by atoms with Crippen LogP contribution in [0.1, 0.15) is 12.7 Å². The third-order valence-electron chi connectivity index (χ3n) is 4.22. The van der Waals surface area contributed by atoms with Crippen molar-refractivity contribution >= 4 is 28.9 Å². The van der Waals surface area contributed by atoms with Gasteiger partial charge in [-0.15, -0.1) is 0 Å². The van der Waals surface area contributed by atoms with Gasteiger partial charge in [0.15, 0.2) is 17.7 Å². The van der Waals surface area contributed by atoms with Crippen molar-refractivity contribution < 1.29 is 13.9 Å². The number of ether oxygens (including phenoxy) is 1. The van der Waals surface area contributed by atoms with Gasteiger partial charge in [-0.1, -0.05) is 12.1 Å². The van der Waals surface area contributed by atoms with E-state index >= 15 is 0 Å². The van der Waals surface area contributed by atoms with Crippen molar-refractivity contribution in [2.45, 2.75) is 20.0 Å². The zero-order valence-electron chi connectivity index (χ0n) is 17.3. The molecule has 0 aliphatic heterocycles. The second-order valence-electron chi connectivity index (χ2n) is 6.94. The number of rotatable bonds is 7. The Morgan fingerprint density at radius 3 is 2.40 bits per heavy atom. The SMILES string of the molecule is Cc1nc(Nc2ccc(NC(=O)C(C)Oc3ccccc3F)cc2)cc(N(C)C)n1. The lowest BCUT2D eigenvalue weighted by molar-refractivity contribution is -0.122. The average Bonchev–Trinajstić information content (AvgIpc) is 2.70. The van der Waals surface area contributed by atoms with E-state index in [0.29, 0.717) is 17.3 Å². The molecule has 0 aliphatic carbocycles. The second kappa shape index (κ2) is 9.21. The molecule has 2 N–H and O–H groups in total. The molecule has 8 heteroatoms. The molecule has 0 bridgehead atoms. The summed E-state index contributed by atoms with van der Waals surface area (Å²) in [5, 5.41) is 5.98. The maximum atomic E-state index is 13.7. The average molecular weight is 409 g/mol. The summed E-state index contributed by atoms with van der Waals surface area (Å²) in [5.74, 6) is 1.30. The molecule has 1 amide bonds. The van der Waals surface area contributed by atoms with Crippen molar-refractivity contribution in [3.8, 4) is 5.75 Å². The summed E-state index contributed by atoms with van der Waals surface area (Å²) in [4.78, 5) is 23.0. The van der Waals surface area contributed by atoms with Gasteiger partial charge < -0.3 is 20.3 Å². The van der Waals surface area contributed by atoms with Crippen LogP contribution < -0.4 is 20.3 Å². The Labute approximate surface area is 174 Å². The van der Waals surface area contributed by atoms with Gasteiger partial charge in [0.1, 0.15) is 17.5 Å². The number of nitrogens with one attached hydrogen (secondary N) is 2. The van der Waals surface area contributed by atoms with Gasteiger partial charge in [0.2, 0.25) is 0 Å². The predicted molar refractivity (Wildman–Crippen MR) is 116 cm³/mol. The van der Waals surface area contributed by atoms with Crippen molar-refractivity contribution in [3.05, 3.63) is 66.2 Å². The molecule has 0 spiro atoms. The van der Waals surface area contributed by atoms with Crippen LogP contribution in [-0.4, -0.2) is 36.1 Å². The van der Waals surface area contributed by atoms with E-state index in [1.807, 2.05) is 44.1 Å². The third kappa shape index (κ3) is 5.44. The molecule has 30 heavy (non-hydrogen) atoms. The standard InChI is InChI=1S/C22H24FN5O2/c1-14(30-19-8-6-5-7-18(19)23)22(29)27-17-11-9-16(10-12-17)26-20-13-21(28(3)4)25-15(2)24-20/h5-14H,1-4H3,(H,27,29)(H,24,25,26). The van der Waals surface area contributed by atoms with E-state index in [4.69, 9.17) is 4.74 Å². The van der Waals surface area contributed by atoms with Crippen LogP contribution >= 0.6 is 0 Å². The van der Waals surface area contributed by atoms with E-state index in [-0.39, 0.29) is 11.7 Å². The highest BCUT2D eigenvalue weighted by Crippen LogP contribution is 2.21. The molecule has 156 valence electrons. The quantitative estimate of drug-likeness (QED) is 0.611. The lowest BCUT2D eigenvalue weighted by Crippen LogP contribution is -2.30. The fraction of sp³-hybridized carbons (Fsp3) is 0.227. The highest BCUT2D eigenvalue weighted by molar-refractivity contribution is 5.94. The first kappa shape index (κ1) is 21.0. The van der Waals surface area contributed by atoms with Gasteiger partial charge in [-0.05, 0) is 50.2 Å². The van der Waals surface area contributed by atoms with Crippen LogP contribution in [0.5, 0.6) is 5.75 Å². The van der Waals surface area contributed by atoms with Crippen molar-refractivity contribution in [3.63, 3.8) is 0 Å². The zero-order valence-corrected chi connectivity index (χ0v) is 17.3. The first-order valence-electron chi connectivity index (χ1n) is 9.44. The lowest BCUT2D eigenvalue weighted by Gasteiger charge is -2.16. The van der Waals surface area contributed by atoms with Crippen molar-refractivity contribution in [1.29, 1.82) is 0 Å². The Hall–Kier alpha value is -3.68. The predicted octanol–water partition coefficient (Wildman–Crippen LogP) is 4.14. The molecule has 3 rings (SSSR count). The number of halogens is 1. The summed E-state index contributed by atoms with van der Waals surface area (Å²) in [6, 6.07) is 15.0. The number of aryl methyl sites for hydroxylation is 1. The number of carbonyl (C=O) groups excluding carboxylic acids is 1. The molecule has 0 fully saturated rings. The summed E-state index contributed by atoms with van der Waals surface area (Å²) < 4.78 is 19.1. The van der Waals surface area contributed by atoms with Gasteiger partial charge in [0, 0.05) is 31.5 Å². The molecule has 0 aliphatic rings. The smallest absolute Gasteiger partial charge is 0.265 e. The molecule has 1 aromatic heterocycles. The van der Waals surface area contributed by atoms with Crippen molar-refractivity contribution in [1.82, 2.24) is 9.97 Å². The highest BCUT2D eigenvalue weighted by atomic mass is 19.1. The molecule has 1 atom stereocenters. The van der Waals surface area contributed by atoms with Crippen LogP contribution in [0, 0.1) is 12.7 Å². The maximum Gasteiger partial charge on any atom is 0.265 e. The van der Waals surface area contributed by atoms with Gasteiger partial charge in [0.25, 0.3) is 5.91 Å². The Morgan fingerprint density at radius 1 is 1.07 bits per heavy atom. The maximum absolute atomic E-state index is 13.7. The van der Waals surface area contributed by atoms with Crippen molar-refractivity contribution in [2.24, 2.45) is 0 Å². The topological polar surface area (TPSA) is 79.4 Å². The van der Waals surface area contributed by atoms with E-state index in [1.54, 1.807) is 31.2 Å². The molecule has 0 radical (unpaired) electrons. The van der Waals surface area contributed by atoms with E-state index < -0.39 is 11.9 Å². The van der Waals surface area contributed by atoms with Gasteiger partial charge in [-0.2, -0.15) is 0 Å². The molecule has 0 saturated carbocycles. The normalized spacial score (nSPS) is 11.5. The summed E-state index contributed by atoms with van der Waals surface area (Å²) in [5.41, 5.74) is 1.41. The zero-order chi connectivity index (χ0) is 21.7. The van der Waals surface area contributed by atoms with Gasteiger partial charge >= 0.3 is 0 Å². The van der Waals surface area contributed by atoms with Crippen LogP contribution in [0.4, 0.5) is 27.4 Å². The molecular formula is C22H24FN5O2. The minimum Gasteiger partial charge on any atom is -0.478 e. The number of anilines is 4. The van der Waals surface area contributed by atoms with Gasteiger partial charge in [-0.3, -0.25) is 4.79 Å². The fourth-order valence-electron chi connectivity index (χ4n) is 2.66. The van der Waals surface area contributed by atoms with Gasteiger partial charge in [0.05, 0.1) is 0 Å². The molecule has 1 heterocycles. The number of benzene rings is 2. The Bertz CT molecular complexity index is 1020. The van der Waals surface area contributed by atoms with Crippen LogP contribution in [-0.2, 0) is 4.79 Å². The monoisotopic (exact) mass is 409 g/mol. The van der Waals surface area contributed by atoms with E-state index in [2.05, 4.69) is 20.6 Å². The fourth-order valence-corrected chi connectivity index (χ4v) is 2.66. The summed E-state index contributed by atoms with van der Waals surface area (Å²) in [7, 11) is 3.83. The Kier molecular flexibility index (Phi) is 6.46. The Balaban J connectivity index is 1.62. The minimum atomic E-state index is -0.854. The van der Waals surface area contributed by atoms with Crippen LogP contribution in [0.3, 0.4) is 0 Å². The summed E-state index contributed by atoms with van der Waals surface area (Å²) in [6.45, 7) is 3.40. The second-order valence-corrected chi connectivity index (χ2v) is 6.94. The molecule has 0 saturated heterocycles. The minimum absolute atomic E-state index is 0.0388. The van der Waals surface area contributed by atoms with E-state index in [0.717, 1.165) is 11.5 Å². The van der Waals surface area contributed by atoms with Crippen LogP contribution in [0.15, 0.2) is 54.6 Å². The van der Waals surface area contributed by atoms with E-state index in [1.165, 1.54) is 12.1 Å². The lowest BCUT2D eigenvalue weighted by atomic mass is 10.2. The number of para-hydroxylation sites is 1. The summed E-state index contributed by atoms with van der Waals surface area (Å²) >= 11 is 0. The van der Waals surface area contributed by atoms with Gasteiger partial charge in [-0.25, -0.2) is 14.4 Å². The Morgan fingerprint density at radius 2 is 1.73 bits per heavy atom. The third-order valence-corrected chi connectivity index (χ3v) is 4.22. The first-order chi connectivity index (χ1) is 14.3. The van der Waals surface area contributed by atoms with Crippen LogP contribution in [0.25, 0.3) is 0 Å². The molecule has 3 aromatic rings.